The number of amides is 1. The third-order valence-electron chi connectivity index (χ3n) is 5.82. The Balaban J connectivity index is 1.79. The van der Waals surface area contributed by atoms with E-state index in [9.17, 15) is 14.7 Å². The standard InChI is InChI=1S/C20H27NO5/c1-19(2,10-14-6-4-5-7-16(14)25-3)17(22)21-11-15-12-26-9-8-20(15,13-21)18(23)24/h4-7,15H,8-13H2,1-3H3,(H,23,24)/t15-,20+/m0/s1. The van der Waals surface area contributed by atoms with Gasteiger partial charge in [-0.15, -0.1) is 0 Å². The number of nitrogens with zero attached hydrogens (tertiary/aromatic N) is 1. The van der Waals surface area contributed by atoms with Crippen molar-refractivity contribution >= 4 is 11.9 Å². The third kappa shape index (κ3) is 3.18. The van der Waals surface area contributed by atoms with Crippen molar-refractivity contribution < 1.29 is 24.2 Å². The molecule has 6 nitrogen and oxygen atoms in total. The Morgan fingerprint density at radius 2 is 2.12 bits per heavy atom. The summed E-state index contributed by atoms with van der Waals surface area (Å²) in [6, 6.07) is 7.68. The van der Waals surface area contributed by atoms with E-state index in [1.54, 1.807) is 12.0 Å². The number of carbonyl (C=O) groups excluding carboxylic acids is 1. The first kappa shape index (κ1) is 18.7. The average Bonchev–Trinajstić information content (AvgIpc) is 3.02. The summed E-state index contributed by atoms with van der Waals surface area (Å²) in [6.45, 7) is 5.38. The number of hydrogen-bond acceptors (Lipinski definition) is 4. The minimum atomic E-state index is -0.867. The molecular formula is C20H27NO5. The van der Waals surface area contributed by atoms with E-state index >= 15 is 0 Å². The number of hydrogen-bond donors (Lipinski definition) is 1. The Morgan fingerprint density at radius 1 is 1.38 bits per heavy atom. The van der Waals surface area contributed by atoms with Gasteiger partial charge in [0.25, 0.3) is 0 Å². The van der Waals surface area contributed by atoms with Crippen molar-refractivity contribution in [3.8, 4) is 5.75 Å². The summed E-state index contributed by atoms with van der Waals surface area (Å²) >= 11 is 0. The first-order valence-electron chi connectivity index (χ1n) is 9.02. The number of rotatable bonds is 5. The molecule has 2 aliphatic heterocycles. The highest BCUT2D eigenvalue weighted by Crippen LogP contribution is 2.44. The first-order valence-corrected chi connectivity index (χ1v) is 9.02. The van der Waals surface area contributed by atoms with Crippen molar-refractivity contribution in [3.63, 3.8) is 0 Å². The van der Waals surface area contributed by atoms with E-state index in [0.29, 0.717) is 32.6 Å². The fourth-order valence-electron chi connectivity index (χ4n) is 4.28. The van der Waals surface area contributed by atoms with Gasteiger partial charge >= 0.3 is 5.97 Å². The largest absolute Gasteiger partial charge is 0.496 e. The Morgan fingerprint density at radius 3 is 2.77 bits per heavy atom. The molecule has 26 heavy (non-hydrogen) atoms. The van der Waals surface area contributed by atoms with Crippen molar-refractivity contribution in [3.05, 3.63) is 29.8 Å². The van der Waals surface area contributed by atoms with E-state index in [1.165, 1.54) is 0 Å². The number of aliphatic carboxylic acids is 1. The number of carboxylic acid groups (broad SMARTS) is 1. The maximum absolute atomic E-state index is 13.2. The third-order valence-corrected chi connectivity index (χ3v) is 5.82. The summed E-state index contributed by atoms with van der Waals surface area (Å²) in [5.74, 6) is -0.208. The molecule has 2 heterocycles. The number of carbonyl (C=O) groups is 2. The van der Waals surface area contributed by atoms with E-state index < -0.39 is 16.8 Å². The predicted octanol–water partition coefficient (Wildman–Crippen LogP) is 2.21. The Hall–Kier alpha value is -2.08. The summed E-state index contributed by atoms with van der Waals surface area (Å²) in [6.07, 6.45) is 0.997. The van der Waals surface area contributed by atoms with Gasteiger partial charge in [-0.2, -0.15) is 0 Å². The lowest BCUT2D eigenvalue weighted by molar-refractivity contribution is -0.157. The van der Waals surface area contributed by atoms with E-state index in [2.05, 4.69) is 0 Å². The van der Waals surface area contributed by atoms with Crippen LogP contribution in [0.25, 0.3) is 0 Å². The highest BCUT2D eigenvalue weighted by atomic mass is 16.5. The van der Waals surface area contributed by atoms with Crippen LogP contribution in [-0.2, 0) is 20.7 Å². The smallest absolute Gasteiger partial charge is 0.311 e. The van der Waals surface area contributed by atoms with Crippen LogP contribution in [0.15, 0.2) is 24.3 Å². The molecule has 0 saturated carbocycles. The van der Waals surface area contributed by atoms with Gasteiger partial charge in [0.15, 0.2) is 0 Å². The predicted molar refractivity (Wildman–Crippen MR) is 96.1 cm³/mol. The van der Waals surface area contributed by atoms with Crippen LogP contribution < -0.4 is 4.74 Å². The lowest BCUT2D eigenvalue weighted by atomic mass is 9.74. The molecule has 2 aliphatic rings. The van der Waals surface area contributed by atoms with Crippen LogP contribution in [0.1, 0.15) is 25.8 Å². The molecule has 0 aromatic heterocycles. The number of para-hydroxylation sites is 1. The van der Waals surface area contributed by atoms with E-state index in [0.717, 1.165) is 11.3 Å². The quantitative estimate of drug-likeness (QED) is 0.870. The molecule has 142 valence electrons. The molecule has 1 amide bonds. The molecule has 1 aromatic rings. The maximum atomic E-state index is 13.2. The number of benzene rings is 1. The van der Waals surface area contributed by atoms with Gasteiger partial charge in [0.2, 0.25) is 5.91 Å². The van der Waals surface area contributed by atoms with Gasteiger partial charge in [-0.25, -0.2) is 0 Å². The van der Waals surface area contributed by atoms with E-state index in [4.69, 9.17) is 9.47 Å². The van der Waals surface area contributed by atoms with Gasteiger partial charge in [0.1, 0.15) is 5.75 Å². The summed E-state index contributed by atoms with van der Waals surface area (Å²) in [4.78, 5) is 26.9. The molecule has 3 rings (SSSR count). The summed E-state index contributed by atoms with van der Waals surface area (Å²) < 4.78 is 10.9. The van der Waals surface area contributed by atoms with Crippen molar-refractivity contribution in [2.24, 2.45) is 16.7 Å². The van der Waals surface area contributed by atoms with Crippen molar-refractivity contribution in [2.75, 3.05) is 33.4 Å². The van der Waals surface area contributed by atoms with Gasteiger partial charge < -0.3 is 19.5 Å². The zero-order valence-electron chi connectivity index (χ0n) is 15.7. The molecular weight excluding hydrogens is 334 g/mol. The van der Waals surface area contributed by atoms with Gasteiger partial charge in [-0.05, 0) is 24.5 Å². The second-order valence-corrected chi connectivity index (χ2v) is 8.04. The summed E-state index contributed by atoms with van der Waals surface area (Å²) in [5, 5.41) is 9.79. The first-order chi connectivity index (χ1) is 12.3. The highest BCUT2D eigenvalue weighted by Gasteiger charge is 2.55. The van der Waals surface area contributed by atoms with Crippen LogP contribution in [0.4, 0.5) is 0 Å². The van der Waals surface area contributed by atoms with Crippen LogP contribution in [-0.4, -0.2) is 55.3 Å². The van der Waals surface area contributed by atoms with E-state index in [1.807, 2.05) is 38.1 Å². The zero-order valence-corrected chi connectivity index (χ0v) is 15.7. The molecule has 2 saturated heterocycles. The molecule has 2 atom stereocenters. The van der Waals surface area contributed by atoms with Crippen LogP contribution in [0.2, 0.25) is 0 Å². The fourth-order valence-corrected chi connectivity index (χ4v) is 4.28. The fraction of sp³-hybridized carbons (Fsp3) is 0.600. The molecule has 2 fully saturated rings. The van der Waals surface area contributed by atoms with Crippen LogP contribution in [0.5, 0.6) is 5.75 Å². The highest BCUT2D eigenvalue weighted by molar-refractivity contribution is 5.85. The molecule has 0 aliphatic carbocycles. The Labute approximate surface area is 154 Å². The second kappa shape index (κ2) is 6.91. The van der Waals surface area contributed by atoms with Gasteiger partial charge in [-0.3, -0.25) is 9.59 Å². The lowest BCUT2D eigenvalue weighted by Crippen LogP contribution is -2.46. The molecule has 0 radical (unpaired) electrons. The molecule has 6 heteroatoms. The Bertz CT molecular complexity index is 701. The topological polar surface area (TPSA) is 76.1 Å². The molecule has 0 spiro atoms. The van der Waals surface area contributed by atoms with Gasteiger partial charge in [0.05, 0.1) is 19.1 Å². The van der Waals surface area contributed by atoms with Crippen molar-refractivity contribution in [2.45, 2.75) is 26.7 Å². The minimum Gasteiger partial charge on any atom is -0.496 e. The van der Waals surface area contributed by atoms with Crippen molar-refractivity contribution in [1.29, 1.82) is 0 Å². The van der Waals surface area contributed by atoms with Gasteiger partial charge in [-0.1, -0.05) is 32.0 Å². The summed E-state index contributed by atoms with van der Waals surface area (Å²) in [7, 11) is 1.62. The van der Waals surface area contributed by atoms with E-state index in [-0.39, 0.29) is 18.4 Å². The zero-order chi connectivity index (χ0) is 18.9. The lowest BCUT2D eigenvalue weighted by Gasteiger charge is -2.34. The molecule has 1 N–H and O–H groups in total. The average molecular weight is 361 g/mol. The van der Waals surface area contributed by atoms with Crippen molar-refractivity contribution in [1.82, 2.24) is 4.90 Å². The molecule has 0 unspecified atom stereocenters. The number of methoxy groups -OCH3 is 1. The number of carboxylic acids is 1. The maximum Gasteiger partial charge on any atom is 0.311 e. The molecule has 0 bridgehead atoms. The number of fused-ring (bicyclic) bond motifs is 1. The van der Waals surface area contributed by atoms with Gasteiger partial charge in [0, 0.05) is 31.0 Å². The van der Waals surface area contributed by atoms with Crippen LogP contribution in [0, 0.1) is 16.7 Å². The molecule has 1 aromatic carbocycles. The Kier molecular flexibility index (Phi) is 4.97. The summed E-state index contributed by atoms with van der Waals surface area (Å²) in [5.41, 5.74) is -0.543. The second-order valence-electron chi connectivity index (χ2n) is 8.04. The number of ether oxygens (including phenoxy) is 2. The SMILES string of the molecule is COc1ccccc1CC(C)(C)C(=O)N1C[C@H]2COCC[C@@]2(C(=O)O)C1. The monoisotopic (exact) mass is 361 g/mol. The normalized spacial score (nSPS) is 25.7. The van der Waals surface area contributed by atoms with Crippen LogP contribution >= 0.6 is 0 Å². The number of likely N-dealkylation sites (tertiary alicyclic amines) is 1. The van der Waals surface area contributed by atoms with Crippen LogP contribution in [0.3, 0.4) is 0 Å². The minimum absolute atomic E-state index is 0.0153.